The summed E-state index contributed by atoms with van der Waals surface area (Å²) in [6, 6.07) is 0. The Morgan fingerprint density at radius 2 is 1.53 bits per heavy atom. The lowest BCUT2D eigenvalue weighted by Crippen LogP contribution is -2.50. The van der Waals surface area contributed by atoms with Crippen LogP contribution in [0.15, 0.2) is 12.4 Å². The lowest BCUT2D eigenvalue weighted by Gasteiger charge is -2.26. The van der Waals surface area contributed by atoms with Crippen molar-refractivity contribution in [3.05, 3.63) is 18.2 Å². The molecule has 0 atom stereocenters. The first-order valence-corrected chi connectivity index (χ1v) is 3.43. The molecule has 9 heteroatoms. The van der Waals surface area contributed by atoms with Gasteiger partial charge in [-0.25, -0.2) is 4.98 Å². The van der Waals surface area contributed by atoms with Gasteiger partial charge in [0.05, 0.1) is 0 Å². The van der Waals surface area contributed by atoms with Crippen LogP contribution in [0.4, 0.5) is 30.7 Å². The fraction of sp³-hybridized carbons (Fsp3) is 0.500. The molecule has 0 saturated carbocycles. The van der Waals surface area contributed by atoms with Crippen molar-refractivity contribution < 1.29 is 30.7 Å². The Balaban J connectivity index is 3.17. The Labute approximate surface area is 78.1 Å². The summed E-state index contributed by atoms with van der Waals surface area (Å²) in [5, 5.41) is 0. The van der Waals surface area contributed by atoms with Gasteiger partial charge >= 0.3 is 18.0 Å². The van der Waals surface area contributed by atoms with Crippen LogP contribution in [0.1, 0.15) is 5.82 Å². The molecule has 1 N–H and O–H groups in total. The van der Waals surface area contributed by atoms with Crippen molar-refractivity contribution in [2.75, 3.05) is 0 Å². The smallest absolute Gasteiger partial charge is 0.343 e. The largest absolute Gasteiger partial charge is 0.460 e. The average Bonchev–Trinajstić information content (AvgIpc) is 2.53. The Morgan fingerprint density at radius 1 is 1.00 bits per heavy atom. The van der Waals surface area contributed by atoms with Crippen LogP contribution in [0.3, 0.4) is 0 Å². The molecule has 0 radical (unpaired) electrons. The molecule has 15 heavy (non-hydrogen) atoms. The van der Waals surface area contributed by atoms with Gasteiger partial charge < -0.3 is 4.98 Å². The number of nitrogens with one attached hydrogen (secondary N) is 1. The van der Waals surface area contributed by atoms with Gasteiger partial charge in [-0.1, -0.05) is 0 Å². The lowest BCUT2D eigenvalue weighted by molar-refractivity contribution is -0.361. The molecule has 1 aromatic rings. The predicted octanol–water partition coefficient (Wildman–Crippen LogP) is 2.70. The second-order valence-corrected chi connectivity index (χ2v) is 2.58. The molecule has 0 aromatic carbocycles. The van der Waals surface area contributed by atoms with Crippen LogP contribution in [0.25, 0.3) is 0 Å². The third kappa shape index (κ3) is 1.65. The third-order valence-corrected chi connectivity index (χ3v) is 1.55. The summed E-state index contributed by atoms with van der Waals surface area (Å²) in [7, 11) is 0. The number of hydrogen-bond acceptors (Lipinski definition) is 1. The number of aromatic nitrogens is 2. The first kappa shape index (κ1) is 11.8. The van der Waals surface area contributed by atoms with Gasteiger partial charge in [-0.15, -0.1) is 0 Å². The van der Waals surface area contributed by atoms with E-state index in [9.17, 15) is 30.7 Å². The number of rotatable bonds is 2. The highest BCUT2D eigenvalue weighted by Gasteiger charge is 2.74. The van der Waals surface area contributed by atoms with Crippen molar-refractivity contribution in [2.24, 2.45) is 0 Å². The zero-order valence-electron chi connectivity index (χ0n) is 6.75. The second-order valence-electron chi connectivity index (χ2n) is 2.58. The Morgan fingerprint density at radius 3 is 1.87 bits per heavy atom. The minimum Gasteiger partial charge on any atom is -0.343 e. The molecule has 1 heterocycles. The fourth-order valence-corrected chi connectivity index (χ4v) is 0.764. The van der Waals surface area contributed by atoms with Crippen LogP contribution in [-0.2, 0) is 5.92 Å². The van der Waals surface area contributed by atoms with E-state index in [4.69, 9.17) is 0 Å². The average molecular weight is 236 g/mol. The molecule has 2 nitrogen and oxygen atoms in total. The molecule has 1 aromatic heterocycles. The van der Waals surface area contributed by atoms with E-state index in [1.165, 1.54) is 4.98 Å². The Kier molecular flexibility index (Phi) is 2.44. The number of nitrogens with zero attached hydrogens (tertiary/aromatic N) is 1. The molecule has 0 fully saturated rings. The molecule has 0 aliphatic carbocycles. The van der Waals surface area contributed by atoms with Gasteiger partial charge in [0.1, 0.15) is 0 Å². The second kappa shape index (κ2) is 3.11. The van der Waals surface area contributed by atoms with E-state index in [1.54, 1.807) is 0 Å². The zero-order valence-corrected chi connectivity index (χ0v) is 6.75. The first-order valence-electron chi connectivity index (χ1n) is 3.43. The van der Waals surface area contributed by atoms with E-state index in [0.29, 0.717) is 6.20 Å². The van der Waals surface area contributed by atoms with Gasteiger partial charge in [0.2, 0.25) is 0 Å². The summed E-state index contributed by atoms with van der Waals surface area (Å²) >= 11 is 0. The predicted molar refractivity (Wildman–Crippen MR) is 33.5 cm³/mol. The van der Waals surface area contributed by atoms with Crippen LogP contribution >= 0.6 is 0 Å². The highest BCUT2D eigenvalue weighted by Crippen LogP contribution is 2.50. The van der Waals surface area contributed by atoms with Crippen molar-refractivity contribution >= 4 is 0 Å². The number of aromatic amines is 1. The SMILES string of the molecule is FC(F)(F)C(F)(F)C(F)(F)c1ncc[nH]1. The van der Waals surface area contributed by atoms with E-state index in [0.717, 1.165) is 6.20 Å². The Hall–Kier alpha value is -1.28. The van der Waals surface area contributed by atoms with Crippen LogP contribution in [-0.4, -0.2) is 22.1 Å². The third-order valence-electron chi connectivity index (χ3n) is 1.55. The molecular formula is C6H3F7N2. The maximum absolute atomic E-state index is 12.7. The molecule has 1 rings (SSSR count). The van der Waals surface area contributed by atoms with Crippen LogP contribution < -0.4 is 0 Å². The maximum atomic E-state index is 12.7. The van der Waals surface area contributed by atoms with Crippen molar-refractivity contribution in [1.82, 2.24) is 9.97 Å². The molecule has 0 bridgehead atoms. The summed E-state index contributed by atoms with van der Waals surface area (Å²) in [6.45, 7) is 0. The molecule has 86 valence electrons. The van der Waals surface area contributed by atoms with Crippen LogP contribution in [0.2, 0.25) is 0 Å². The molecule has 0 unspecified atom stereocenters. The normalized spacial score (nSPS) is 14.3. The van der Waals surface area contributed by atoms with Gasteiger partial charge in [0.15, 0.2) is 5.82 Å². The van der Waals surface area contributed by atoms with E-state index in [2.05, 4.69) is 4.98 Å². The Bertz CT molecular complexity index is 326. The maximum Gasteiger partial charge on any atom is 0.460 e. The lowest BCUT2D eigenvalue weighted by atomic mass is 10.1. The van der Waals surface area contributed by atoms with Gasteiger partial charge in [0, 0.05) is 12.4 Å². The topological polar surface area (TPSA) is 28.7 Å². The van der Waals surface area contributed by atoms with Crippen molar-refractivity contribution in [1.29, 1.82) is 0 Å². The summed E-state index contributed by atoms with van der Waals surface area (Å²) in [5.41, 5.74) is 0. The van der Waals surface area contributed by atoms with Crippen LogP contribution in [0.5, 0.6) is 0 Å². The number of hydrogen-bond donors (Lipinski definition) is 1. The number of alkyl halides is 7. The van der Waals surface area contributed by atoms with Crippen LogP contribution in [0, 0.1) is 0 Å². The zero-order chi connectivity index (χ0) is 11.9. The standard InChI is InChI=1S/C6H3F7N2/c7-4(8,3-14-1-2-15-3)5(9,10)6(11,12)13/h1-2H,(H,14,15). The molecular weight excluding hydrogens is 233 g/mol. The highest BCUT2D eigenvalue weighted by molar-refractivity contribution is 5.06. The summed E-state index contributed by atoms with van der Waals surface area (Å²) in [6.07, 6.45) is -4.98. The van der Waals surface area contributed by atoms with Gasteiger partial charge in [-0.2, -0.15) is 30.7 Å². The van der Waals surface area contributed by atoms with E-state index in [1.807, 2.05) is 0 Å². The molecule has 0 saturated heterocycles. The van der Waals surface area contributed by atoms with Crippen molar-refractivity contribution in [2.45, 2.75) is 18.0 Å². The van der Waals surface area contributed by atoms with E-state index in [-0.39, 0.29) is 0 Å². The minimum absolute atomic E-state index is 0.649. The number of H-pyrrole nitrogens is 1. The first-order chi connectivity index (χ1) is 6.61. The molecule has 0 spiro atoms. The van der Waals surface area contributed by atoms with Gasteiger partial charge in [0.25, 0.3) is 0 Å². The summed E-state index contributed by atoms with van der Waals surface area (Å²) in [5.74, 6) is -13.3. The van der Waals surface area contributed by atoms with Gasteiger partial charge in [-0.05, 0) is 0 Å². The van der Waals surface area contributed by atoms with Crippen molar-refractivity contribution in [3.63, 3.8) is 0 Å². The number of imidazole rings is 1. The minimum atomic E-state index is -6.34. The fourth-order valence-electron chi connectivity index (χ4n) is 0.764. The molecule has 0 aliphatic heterocycles. The molecule has 0 aliphatic rings. The number of halogens is 7. The summed E-state index contributed by atoms with van der Waals surface area (Å²) < 4.78 is 85.0. The van der Waals surface area contributed by atoms with Gasteiger partial charge in [-0.3, -0.25) is 0 Å². The quantitative estimate of drug-likeness (QED) is 0.785. The van der Waals surface area contributed by atoms with Crippen molar-refractivity contribution in [3.8, 4) is 0 Å². The monoisotopic (exact) mass is 236 g/mol. The highest BCUT2D eigenvalue weighted by atomic mass is 19.4. The van der Waals surface area contributed by atoms with E-state index < -0.39 is 23.8 Å². The molecule has 0 amide bonds. The summed E-state index contributed by atoms with van der Waals surface area (Å²) in [4.78, 5) is 4.20. The van der Waals surface area contributed by atoms with E-state index >= 15 is 0 Å².